The first-order valence-electron chi connectivity index (χ1n) is 6.62. The summed E-state index contributed by atoms with van der Waals surface area (Å²) in [6, 6.07) is 5.80. The van der Waals surface area contributed by atoms with Gasteiger partial charge in [0.25, 0.3) is 0 Å². The summed E-state index contributed by atoms with van der Waals surface area (Å²) in [5.41, 5.74) is 8.77. The van der Waals surface area contributed by atoms with E-state index in [0.29, 0.717) is 29.8 Å². The van der Waals surface area contributed by atoms with E-state index in [1.807, 2.05) is 18.2 Å². The maximum absolute atomic E-state index is 11.4. The number of carboxylic acid groups (broad SMARTS) is 1. The highest BCUT2D eigenvalue weighted by Gasteiger charge is 2.39. The zero-order chi connectivity index (χ0) is 14.7. The summed E-state index contributed by atoms with van der Waals surface area (Å²) < 4.78 is 11.4. The fourth-order valence-electron chi connectivity index (χ4n) is 2.64. The maximum atomic E-state index is 11.4. The molecule has 1 amide bonds. The summed E-state index contributed by atoms with van der Waals surface area (Å²) >= 11 is -0.892. The van der Waals surface area contributed by atoms with Gasteiger partial charge in [-0.3, -0.25) is 0 Å². The number of carbonyl (C=O) groups is 1. The molecule has 0 spiro atoms. The lowest BCUT2D eigenvalue weighted by Crippen LogP contribution is -2.22. The number of hydrogen-bond donors (Lipinski definition) is 3. The van der Waals surface area contributed by atoms with E-state index in [0.717, 1.165) is 18.4 Å². The largest absolute Gasteiger partial charge is 0.616 e. The lowest BCUT2D eigenvalue weighted by atomic mass is 10.0. The summed E-state index contributed by atoms with van der Waals surface area (Å²) in [5, 5.41) is 10.9. The molecule has 1 saturated carbocycles. The van der Waals surface area contributed by atoms with Gasteiger partial charge in [0.1, 0.15) is 5.75 Å². The van der Waals surface area contributed by atoms with Crippen molar-refractivity contribution in [2.24, 2.45) is 5.92 Å². The second kappa shape index (κ2) is 6.37. The van der Waals surface area contributed by atoms with Gasteiger partial charge in [-0.25, -0.2) is 4.79 Å². The maximum Gasteiger partial charge on any atom is 0.404 e. The summed E-state index contributed by atoms with van der Waals surface area (Å²) in [7, 11) is 0. The average Bonchev–Trinajstić information content (AvgIpc) is 3.07. The molecule has 110 valence electrons. The highest BCUT2D eigenvalue weighted by Crippen LogP contribution is 2.50. The van der Waals surface area contributed by atoms with E-state index in [1.165, 1.54) is 5.56 Å². The van der Waals surface area contributed by atoms with Crippen LogP contribution in [0.3, 0.4) is 0 Å². The molecule has 0 saturated heterocycles. The van der Waals surface area contributed by atoms with E-state index < -0.39 is 17.3 Å². The third-order valence-electron chi connectivity index (χ3n) is 3.64. The molecule has 6 heteroatoms. The number of nitrogens with two attached hydrogens (primary N) is 1. The molecule has 4 N–H and O–H groups in total. The summed E-state index contributed by atoms with van der Waals surface area (Å²) in [6.45, 7) is 0.487. The zero-order valence-corrected chi connectivity index (χ0v) is 12.3. The van der Waals surface area contributed by atoms with Gasteiger partial charge in [-0.1, -0.05) is 17.2 Å². The van der Waals surface area contributed by atoms with Crippen LogP contribution in [0.15, 0.2) is 18.2 Å². The van der Waals surface area contributed by atoms with Crippen molar-refractivity contribution in [3.8, 4) is 0 Å². The number of amides is 1. The Balaban J connectivity index is 1.98. The summed E-state index contributed by atoms with van der Waals surface area (Å²) in [6.07, 6.45) is 2.62. The molecule has 2 rings (SSSR count). The number of benzene rings is 1. The minimum atomic E-state index is -0.975. The molecule has 1 aromatic rings. The normalized spacial score (nSPS) is 22.3. The van der Waals surface area contributed by atoms with E-state index in [-0.39, 0.29) is 0 Å². The Morgan fingerprint density at radius 2 is 2.35 bits per heavy atom. The van der Waals surface area contributed by atoms with Crippen molar-refractivity contribution in [2.75, 3.05) is 18.5 Å². The van der Waals surface area contributed by atoms with Crippen LogP contribution in [0.5, 0.6) is 0 Å². The van der Waals surface area contributed by atoms with Gasteiger partial charge in [0.15, 0.2) is 0 Å². The Bertz CT molecular complexity index is 493. The van der Waals surface area contributed by atoms with Gasteiger partial charge < -0.3 is 20.7 Å². The van der Waals surface area contributed by atoms with Crippen LogP contribution in [0, 0.1) is 5.92 Å². The first-order chi connectivity index (χ1) is 9.47. The number of nitrogen functional groups attached to an aromatic ring is 1. The Morgan fingerprint density at radius 1 is 1.60 bits per heavy atom. The number of anilines is 1. The van der Waals surface area contributed by atoms with Gasteiger partial charge in [-0.05, 0) is 42.4 Å². The molecule has 3 unspecified atom stereocenters. The molecule has 5 nitrogen and oxygen atoms in total. The second-order valence-corrected chi connectivity index (χ2v) is 6.73. The van der Waals surface area contributed by atoms with Crippen molar-refractivity contribution in [1.29, 1.82) is 0 Å². The van der Waals surface area contributed by atoms with Crippen molar-refractivity contribution in [3.05, 3.63) is 29.3 Å². The zero-order valence-electron chi connectivity index (χ0n) is 11.5. The fraction of sp³-hybridized carbons (Fsp3) is 0.500. The molecule has 20 heavy (non-hydrogen) atoms. The van der Waals surface area contributed by atoms with Crippen LogP contribution in [0.2, 0.25) is 0 Å². The van der Waals surface area contributed by atoms with Crippen LogP contribution in [-0.2, 0) is 16.9 Å². The quantitative estimate of drug-likeness (QED) is 0.551. The minimum Gasteiger partial charge on any atom is -0.616 e. The third kappa shape index (κ3) is 4.05. The van der Waals surface area contributed by atoms with Crippen molar-refractivity contribution < 1.29 is 14.5 Å². The van der Waals surface area contributed by atoms with E-state index in [9.17, 15) is 9.35 Å². The molecule has 1 aliphatic carbocycles. The average molecular weight is 296 g/mol. The lowest BCUT2D eigenvalue weighted by molar-refractivity contribution is 0.194. The van der Waals surface area contributed by atoms with Crippen molar-refractivity contribution in [1.82, 2.24) is 5.32 Å². The summed E-state index contributed by atoms with van der Waals surface area (Å²) in [4.78, 5) is 10.4. The summed E-state index contributed by atoms with van der Waals surface area (Å²) in [5.74, 6) is 1.48. The highest BCUT2D eigenvalue weighted by molar-refractivity contribution is 7.89. The fourth-order valence-corrected chi connectivity index (χ4v) is 3.33. The van der Waals surface area contributed by atoms with Crippen LogP contribution < -0.4 is 11.1 Å². The molecule has 1 fully saturated rings. The third-order valence-corrected chi connectivity index (χ3v) is 4.36. The molecule has 1 aliphatic rings. The first kappa shape index (κ1) is 15.0. The van der Waals surface area contributed by atoms with Crippen molar-refractivity contribution >= 4 is 23.0 Å². The van der Waals surface area contributed by atoms with E-state index in [2.05, 4.69) is 5.32 Å². The van der Waals surface area contributed by atoms with Crippen molar-refractivity contribution in [2.45, 2.75) is 24.5 Å². The standard InChI is InChI=1S/C14H20N2O3S/c1-20(19)8-10-6-11(15)2-3-12(10)13-7-9(13)4-5-16-14(17)18/h2-3,6,9,13,16H,4-5,7-8,15H2,1H3,(H,17,18). The van der Waals surface area contributed by atoms with Gasteiger partial charge in [0, 0.05) is 17.8 Å². The molecule has 0 radical (unpaired) electrons. The lowest BCUT2D eigenvalue weighted by Gasteiger charge is -2.11. The predicted octanol–water partition coefficient (Wildman–Crippen LogP) is 1.91. The number of hydrogen-bond acceptors (Lipinski definition) is 3. The Morgan fingerprint density at radius 3 is 3.00 bits per heavy atom. The van der Waals surface area contributed by atoms with Gasteiger partial charge in [-0.2, -0.15) is 0 Å². The van der Waals surface area contributed by atoms with Crippen molar-refractivity contribution in [3.63, 3.8) is 0 Å². The Labute approximate surface area is 121 Å². The van der Waals surface area contributed by atoms with Gasteiger partial charge in [0.05, 0.1) is 6.26 Å². The predicted molar refractivity (Wildman–Crippen MR) is 80.1 cm³/mol. The van der Waals surface area contributed by atoms with Gasteiger partial charge >= 0.3 is 6.09 Å². The van der Waals surface area contributed by atoms with E-state index in [4.69, 9.17) is 10.8 Å². The SMILES string of the molecule is C[S+]([O-])Cc1cc(N)ccc1C1CC1CCNC(=O)O. The monoisotopic (exact) mass is 296 g/mol. The van der Waals surface area contributed by atoms with Gasteiger partial charge in [0.2, 0.25) is 0 Å². The molecule has 0 heterocycles. The Hall–Kier alpha value is -1.40. The van der Waals surface area contributed by atoms with Gasteiger partial charge in [-0.15, -0.1) is 0 Å². The van der Waals surface area contributed by atoms with E-state index >= 15 is 0 Å². The van der Waals surface area contributed by atoms with Crippen LogP contribution >= 0.6 is 0 Å². The number of nitrogens with one attached hydrogen (secondary N) is 1. The van der Waals surface area contributed by atoms with Crippen LogP contribution in [0.4, 0.5) is 10.5 Å². The smallest absolute Gasteiger partial charge is 0.404 e. The molecule has 0 aromatic heterocycles. The minimum absolute atomic E-state index is 0.449. The molecule has 3 atom stereocenters. The molecular formula is C14H20N2O3S. The topological polar surface area (TPSA) is 98.4 Å². The van der Waals surface area contributed by atoms with Crippen LogP contribution in [0.1, 0.15) is 29.9 Å². The highest BCUT2D eigenvalue weighted by atomic mass is 32.2. The van der Waals surface area contributed by atoms with Crippen LogP contribution in [0.25, 0.3) is 0 Å². The Kier molecular flexibility index (Phi) is 4.77. The molecular weight excluding hydrogens is 276 g/mol. The molecule has 1 aromatic carbocycles. The number of rotatable bonds is 6. The second-order valence-electron chi connectivity index (χ2n) is 5.30. The van der Waals surface area contributed by atoms with Crippen LogP contribution in [-0.4, -0.2) is 28.6 Å². The molecule has 0 bridgehead atoms. The molecule has 0 aliphatic heterocycles. The van der Waals surface area contributed by atoms with E-state index in [1.54, 1.807) is 6.26 Å². The first-order valence-corrected chi connectivity index (χ1v) is 8.35.